The fourth-order valence-corrected chi connectivity index (χ4v) is 2.51. The predicted octanol–water partition coefficient (Wildman–Crippen LogP) is 4.31. The second kappa shape index (κ2) is 6.19. The minimum absolute atomic E-state index is 0.0261. The van der Waals surface area contributed by atoms with E-state index in [1.54, 1.807) is 18.2 Å². The molecule has 1 atom stereocenters. The van der Waals surface area contributed by atoms with Crippen molar-refractivity contribution in [1.82, 2.24) is 0 Å². The molecule has 5 nitrogen and oxygen atoms in total. The van der Waals surface area contributed by atoms with Crippen molar-refractivity contribution in [3.05, 3.63) is 62.4 Å². The van der Waals surface area contributed by atoms with Gasteiger partial charge in [0.25, 0.3) is 0 Å². The van der Waals surface area contributed by atoms with Gasteiger partial charge in [-0.1, -0.05) is 22.0 Å². The number of hydrogen-bond donors (Lipinski definition) is 1. The highest BCUT2D eigenvalue weighted by Crippen LogP contribution is 2.34. The van der Waals surface area contributed by atoms with E-state index < -0.39 is 16.4 Å². The molecule has 2 aromatic carbocycles. The van der Waals surface area contributed by atoms with Crippen molar-refractivity contribution in [3.63, 3.8) is 0 Å². The van der Waals surface area contributed by atoms with E-state index in [2.05, 4.69) is 15.9 Å². The number of nitro groups is 1. The molecule has 0 bridgehead atoms. The molecule has 110 valence electrons. The molecule has 21 heavy (non-hydrogen) atoms. The van der Waals surface area contributed by atoms with Crippen LogP contribution in [0.3, 0.4) is 0 Å². The van der Waals surface area contributed by atoms with Crippen molar-refractivity contribution >= 4 is 21.6 Å². The summed E-state index contributed by atoms with van der Waals surface area (Å²) in [6.45, 7) is 1.84. The minimum Gasteiger partial charge on any atom is -0.450 e. The Balaban J connectivity index is 2.35. The van der Waals surface area contributed by atoms with E-state index in [-0.39, 0.29) is 11.8 Å². The molecule has 2 N–H and O–H groups in total. The van der Waals surface area contributed by atoms with Gasteiger partial charge < -0.3 is 10.5 Å². The van der Waals surface area contributed by atoms with Gasteiger partial charge in [0, 0.05) is 10.5 Å². The minimum atomic E-state index is -0.692. The van der Waals surface area contributed by atoms with Crippen LogP contribution in [0.1, 0.15) is 18.5 Å². The molecule has 0 radical (unpaired) electrons. The third kappa shape index (κ3) is 3.56. The Morgan fingerprint density at radius 3 is 2.62 bits per heavy atom. The number of hydrogen-bond acceptors (Lipinski definition) is 4. The molecule has 0 aromatic heterocycles. The third-order valence-electron chi connectivity index (χ3n) is 2.81. The van der Waals surface area contributed by atoms with Crippen molar-refractivity contribution in [2.75, 3.05) is 0 Å². The van der Waals surface area contributed by atoms with E-state index >= 15 is 0 Å². The Hall–Kier alpha value is -1.99. The van der Waals surface area contributed by atoms with Crippen molar-refractivity contribution in [1.29, 1.82) is 0 Å². The van der Waals surface area contributed by atoms with Gasteiger partial charge >= 0.3 is 5.69 Å². The van der Waals surface area contributed by atoms with E-state index in [1.807, 2.05) is 6.92 Å². The Bertz CT molecular complexity index is 692. The second-order valence-corrected chi connectivity index (χ2v) is 5.30. The first-order valence-electron chi connectivity index (χ1n) is 6.05. The van der Waals surface area contributed by atoms with Crippen LogP contribution in [0, 0.1) is 15.9 Å². The van der Waals surface area contributed by atoms with Gasteiger partial charge in [0.2, 0.25) is 5.75 Å². The van der Waals surface area contributed by atoms with E-state index in [4.69, 9.17) is 10.5 Å². The molecular formula is C14H12BrFN2O3. The van der Waals surface area contributed by atoms with Gasteiger partial charge in [0.05, 0.1) is 11.0 Å². The Kier molecular flexibility index (Phi) is 4.54. The number of halogens is 2. The lowest BCUT2D eigenvalue weighted by atomic mass is 10.1. The first-order chi connectivity index (χ1) is 9.88. The highest BCUT2D eigenvalue weighted by molar-refractivity contribution is 9.10. The average molecular weight is 355 g/mol. The van der Waals surface area contributed by atoms with Crippen LogP contribution in [0.2, 0.25) is 0 Å². The zero-order valence-electron chi connectivity index (χ0n) is 11.0. The maximum Gasteiger partial charge on any atom is 0.314 e. The van der Waals surface area contributed by atoms with Crippen LogP contribution >= 0.6 is 15.9 Å². The van der Waals surface area contributed by atoms with Crippen molar-refractivity contribution in [2.45, 2.75) is 13.0 Å². The third-order valence-corrected chi connectivity index (χ3v) is 3.49. The summed E-state index contributed by atoms with van der Waals surface area (Å²) in [7, 11) is 0. The number of benzene rings is 2. The molecule has 0 aliphatic rings. The van der Waals surface area contributed by atoms with Gasteiger partial charge in [-0.2, -0.15) is 0 Å². The Morgan fingerprint density at radius 1 is 1.33 bits per heavy atom. The van der Waals surface area contributed by atoms with E-state index in [0.717, 1.165) is 22.2 Å². The van der Waals surface area contributed by atoms with Gasteiger partial charge in [0.15, 0.2) is 0 Å². The maximum absolute atomic E-state index is 13.1. The van der Waals surface area contributed by atoms with Crippen LogP contribution in [-0.4, -0.2) is 4.92 Å². The SMILES string of the molecule is C[C@H](N)c1ccc(Oc2ccc(F)cc2[N+](=O)[O-])cc1Br. The molecule has 0 fully saturated rings. The summed E-state index contributed by atoms with van der Waals surface area (Å²) in [6.07, 6.45) is 0. The lowest BCUT2D eigenvalue weighted by Crippen LogP contribution is -2.05. The molecule has 0 saturated heterocycles. The van der Waals surface area contributed by atoms with Crippen LogP contribution < -0.4 is 10.5 Å². The molecule has 0 heterocycles. The molecule has 0 aliphatic heterocycles. The second-order valence-electron chi connectivity index (χ2n) is 4.44. The highest BCUT2D eigenvalue weighted by Gasteiger charge is 2.17. The van der Waals surface area contributed by atoms with E-state index in [1.165, 1.54) is 6.07 Å². The lowest BCUT2D eigenvalue weighted by molar-refractivity contribution is -0.385. The van der Waals surface area contributed by atoms with Crippen LogP contribution in [0.4, 0.5) is 10.1 Å². The van der Waals surface area contributed by atoms with Crippen LogP contribution in [0.15, 0.2) is 40.9 Å². The quantitative estimate of drug-likeness (QED) is 0.655. The zero-order valence-corrected chi connectivity index (χ0v) is 12.6. The average Bonchev–Trinajstić information content (AvgIpc) is 2.40. The lowest BCUT2D eigenvalue weighted by Gasteiger charge is -2.11. The molecule has 2 aromatic rings. The Labute approximate surface area is 128 Å². The largest absolute Gasteiger partial charge is 0.450 e. The molecule has 0 saturated carbocycles. The van der Waals surface area contributed by atoms with Gasteiger partial charge in [-0.3, -0.25) is 10.1 Å². The van der Waals surface area contributed by atoms with Crippen LogP contribution in [-0.2, 0) is 0 Å². The number of nitrogens with two attached hydrogens (primary N) is 1. The predicted molar refractivity (Wildman–Crippen MR) is 79.9 cm³/mol. The number of nitro benzene ring substituents is 1. The van der Waals surface area contributed by atoms with Gasteiger partial charge in [-0.05, 0) is 36.8 Å². The summed E-state index contributed by atoms with van der Waals surface area (Å²) >= 11 is 3.37. The molecular weight excluding hydrogens is 343 g/mol. The fourth-order valence-electron chi connectivity index (χ4n) is 1.79. The Morgan fingerprint density at radius 2 is 2.05 bits per heavy atom. The number of ether oxygens (including phenoxy) is 1. The van der Waals surface area contributed by atoms with Gasteiger partial charge in [0.1, 0.15) is 11.6 Å². The zero-order chi connectivity index (χ0) is 15.6. The summed E-state index contributed by atoms with van der Waals surface area (Å²) in [4.78, 5) is 10.2. The van der Waals surface area contributed by atoms with Crippen molar-refractivity contribution in [2.24, 2.45) is 5.73 Å². The smallest absolute Gasteiger partial charge is 0.314 e. The first-order valence-corrected chi connectivity index (χ1v) is 6.84. The van der Waals surface area contributed by atoms with Gasteiger partial charge in [-0.25, -0.2) is 4.39 Å². The topological polar surface area (TPSA) is 78.4 Å². The summed E-state index contributed by atoms with van der Waals surface area (Å²) in [5.41, 5.74) is 6.25. The van der Waals surface area contributed by atoms with E-state index in [9.17, 15) is 14.5 Å². The molecule has 7 heteroatoms. The highest BCUT2D eigenvalue weighted by atomic mass is 79.9. The molecule has 0 amide bonds. The first kappa shape index (κ1) is 15.4. The maximum atomic E-state index is 13.1. The monoisotopic (exact) mass is 354 g/mol. The number of nitrogens with zero attached hydrogens (tertiary/aromatic N) is 1. The molecule has 2 rings (SSSR count). The summed E-state index contributed by atoms with van der Waals surface area (Å²) in [5, 5.41) is 10.9. The van der Waals surface area contributed by atoms with Gasteiger partial charge in [-0.15, -0.1) is 0 Å². The number of rotatable bonds is 4. The summed E-state index contributed by atoms with van der Waals surface area (Å²) in [5.74, 6) is -0.328. The standard InChI is InChI=1S/C14H12BrFN2O3/c1-8(17)11-4-3-10(7-12(11)15)21-14-5-2-9(16)6-13(14)18(19)20/h2-8H,17H2,1H3/t8-/m0/s1. The molecule has 0 unspecified atom stereocenters. The summed E-state index contributed by atoms with van der Waals surface area (Å²) in [6, 6.07) is 8.06. The van der Waals surface area contributed by atoms with Crippen LogP contribution in [0.25, 0.3) is 0 Å². The molecule has 0 spiro atoms. The van der Waals surface area contributed by atoms with Crippen LogP contribution in [0.5, 0.6) is 11.5 Å². The van der Waals surface area contributed by atoms with Crippen molar-refractivity contribution < 1.29 is 14.1 Å². The van der Waals surface area contributed by atoms with Crippen molar-refractivity contribution in [3.8, 4) is 11.5 Å². The normalized spacial score (nSPS) is 12.0. The summed E-state index contributed by atoms with van der Waals surface area (Å²) < 4.78 is 19.3. The fraction of sp³-hybridized carbons (Fsp3) is 0.143. The molecule has 0 aliphatic carbocycles. The van der Waals surface area contributed by atoms with E-state index in [0.29, 0.717) is 5.75 Å².